The Hall–Kier alpha value is -1.12. The van der Waals surface area contributed by atoms with Gasteiger partial charge < -0.3 is 5.11 Å². The van der Waals surface area contributed by atoms with Crippen molar-refractivity contribution in [2.24, 2.45) is 23.2 Å². The Morgan fingerprint density at radius 1 is 1.06 bits per heavy atom. The molecular formula is C15H20O3. The lowest BCUT2D eigenvalue weighted by atomic mass is 9.49. The van der Waals surface area contributed by atoms with Gasteiger partial charge in [-0.05, 0) is 68.6 Å². The second kappa shape index (κ2) is 3.94. The van der Waals surface area contributed by atoms with Crippen molar-refractivity contribution in [2.45, 2.75) is 45.4 Å². The van der Waals surface area contributed by atoms with Gasteiger partial charge in [0.05, 0.1) is 5.57 Å². The van der Waals surface area contributed by atoms with Crippen LogP contribution in [0.4, 0.5) is 0 Å². The van der Waals surface area contributed by atoms with Gasteiger partial charge in [-0.25, -0.2) is 4.79 Å². The molecule has 3 heteroatoms. The van der Waals surface area contributed by atoms with Crippen LogP contribution in [-0.4, -0.2) is 16.9 Å². The summed E-state index contributed by atoms with van der Waals surface area (Å²) in [5, 5.41) is 9.16. The van der Waals surface area contributed by atoms with Gasteiger partial charge in [0.15, 0.2) is 5.78 Å². The third kappa shape index (κ3) is 1.90. The summed E-state index contributed by atoms with van der Waals surface area (Å²) in [5.74, 6) is 0.954. The Kier molecular flexibility index (Phi) is 2.61. The summed E-state index contributed by atoms with van der Waals surface area (Å²) in [5.41, 5.74) is 0.0330. The molecule has 1 N–H and O–H groups in total. The molecule has 0 aliphatic heterocycles. The van der Waals surface area contributed by atoms with E-state index < -0.39 is 5.97 Å². The number of hydrogen-bond acceptors (Lipinski definition) is 2. The lowest BCUT2D eigenvalue weighted by molar-refractivity contribution is -0.134. The van der Waals surface area contributed by atoms with Crippen molar-refractivity contribution in [3.8, 4) is 0 Å². The summed E-state index contributed by atoms with van der Waals surface area (Å²) in [7, 11) is 0. The van der Waals surface area contributed by atoms with Crippen LogP contribution in [0.25, 0.3) is 0 Å². The molecular weight excluding hydrogens is 228 g/mol. The highest BCUT2D eigenvalue weighted by Crippen LogP contribution is 2.60. The van der Waals surface area contributed by atoms with Crippen molar-refractivity contribution in [3.05, 3.63) is 11.6 Å². The number of ketones is 1. The Labute approximate surface area is 107 Å². The topological polar surface area (TPSA) is 54.4 Å². The maximum Gasteiger partial charge on any atom is 0.339 e. The number of carboxylic acids is 1. The van der Waals surface area contributed by atoms with E-state index in [1.165, 1.54) is 26.2 Å². The second-order valence-corrected chi connectivity index (χ2v) is 6.70. The molecule has 4 rings (SSSR count). The van der Waals surface area contributed by atoms with Crippen LogP contribution in [0.2, 0.25) is 0 Å². The van der Waals surface area contributed by atoms with Crippen molar-refractivity contribution in [1.29, 1.82) is 0 Å². The zero-order valence-electron chi connectivity index (χ0n) is 10.8. The van der Waals surface area contributed by atoms with Gasteiger partial charge >= 0.3 is 5.97 Å². The third-order valence-electron chi connectivity index (χ3n) is 5.15. The van der Waals surface area contributed by atoms with Crippen molar-refractivity contribution in [3.63, 3.8) is 0 Å². The van der Waals surface area contributed by atoms with Crippen LogP contribution in [0, 0.1) is 23.2 Å². The average Bonchev–Trinajstić information content (AvgIpc) is 2.23. The van der Waals surface area contributed by atoms with E-state index >= 15 is 0 Å². The number of carboxylic acid groups (broad SMARTS) is 1. The summed E-state index contributed by atoms with van der Waals surface area (Å²) >= 11 is 0. The molecule has 4 fully saturated rings. The molecule has 4 aliphatic rings. The molecule has 0 aromatic rings. The highest BCUT2D eigenvalue weighted by molar-refractivity contribution is 6.15. The highest BCUT2D eigenvalue weighted by Gasteiger charge is 2.50. The van der Waals surface area contributed by atoms with E-state index in [-0.39, 0.29) is 16.8 Å². The Morgan fingerprint density at radius 2 is 1.50 bits per heavy atom. The maximum absolute atomic E-state index is 11.5. The highest BCUT2D eigenvalue weighted by atomic mass is 16.4. The molecule has 3 nitrogen and oxygen atoms in total. The summed E-state index contributed by atoms with van der Waals surface area (Å²) in [6, 6.07) is 0. The van der Waals surface area contributed by atoms with Gasteiger partial charge in [-0.1, -0.05) is 6.08 Å². The minimum Gasteiger partial charge on any atom is -0.478 e. The molecule has 18 heavy (non-hydrogen) atoms. The summed E-state index contributed by atoms with van der Waals surface area (Å²) in [6.45, 7) is 1.36. The van der Waals surface area contributed by atoms with Crippen LogP contribution in [-0.2, 0) is 9.59 Å². The monoisotopic (exact) mass is 248 g/mol. The van der Waals surface area contributed by atoms with Gasteiger partial charge in [0.2, 0.25) is 0 Å². The molecule has 0 spiro atoms. The predicted octanol–water partition coefficient (Wildman–Crippen LogP) is 2.80. The van der Waals surface area contributed by atoms with E-state index in [2.05, 4.69) is 0 Å². The fraction of sp³-hybridized carbons (Fsp3) is 0.733. The maximum atomic E-state index is 11.5. The van der Waals surface area contributed by atoms with Crippen molar-refractivity contribution in [2.75, 3.05) is 0 Å². The molecule has 0 radical (unpaired) electrons. The van der Waals surface area contributed by atoms with Crippen LogP contribution < -0.4 is 0 Å². The number of allylic oxidation sites excluding steroid dienone is 1. The van der Waals surface area contributed by atoms with E-state index in [0.29, 0.717) is 0 Å². The van der Waals surface area contributed by atoms with Crippen LogP contribution in [0.1, 0.15) is 45.4 Å². The SMILES string of the molecule is CC(=O)/C(=C\C12CC3CC(CC(C3)C1)C2)C(=O)O. The minimum atomic E-state index is -1.06. The zero-order valence-corrected chi connectivity index (χ0v) is 10.8. The number of carbonyl (C=O) groups excluding carboxylic acids is 1. The molecule has 4 aliphatic carbocycles. The Morgan fingerprint density at radius 3 is 1.83 bits per heavy atom. The van der Waals surface area contributed by atoms with Gasteiger partial charge in [-0.3, -0.25) is 4.79 Å². The summed E-state index contributed by atoms with van der Waals surface area (Å²) in [6.07, 6.45) is 9.11. The third-order valence-corrected chi connectivity index (χ3v) is 5.15. The second-order valence-electron chi connectivity index (χ2n) is 6.70. The van der Waals surface area contributed by atoms with E-state index in [1.54, 1.807) is 0 Å². The van der Waals surface area contributed by atoms with E-state index in [0.717, 1.165) is 37.0 Å². The molecule has 98 valence electrons. The fourth-order valence-corrected chi connectivity index (χ4v) is 4.97. The number of hydrogen-bond donors (Lipinski definition) is 1. The van der Waals surface area contributed by atoms with Crippen molar-refractivity contribution in [1.82, 2.24) is 0 Å². The standard InChI is InChI=1S/C15H20O3/c1-9(16)13(14(17)18)8-15-5-10-2-11(6-15)4-12(3-10)7-15/h8,10-12H,2-7H2,1H3,(H,17,18)/b13-8+. The lowest BCUT2D eigenvalue weighted by Crippen LogP contribution is -2.45. The quantitative estimate of drug-likeness (QED) is 0.474. The van der Waals surface area contributed by atoms with E-state index in [9.17, 15) is 9.59 Å². The first-order chi connectivity index (χ1) is 8.47. The van der Waals surface area contributed by atoms with Gasteiger partial charge in [-0.15, -0.1) is 0 Å². The smallest absolute Gasteiger partial charge is 0.339 e. The molecule has 0 amide bonds. The largest absolute Gasteiger partial charge is 0.478 e. The van der Waals surface area contributed by atoms with Crippen LogP contribution in [0.3, 0.4) is 0 Å². The fourth-order valence-electron chi connectivity index (χ4n) is 4.97. The Bertz CT molecular complexity index is 382. The van der Waals surface area contributed by atoms with E-state index in [4.69, 9.17) is 5.11 Å². The van der Waals surface area contributed by atoms with Crippen LogP contribution >= 0.6 is 0 Å². The molecule has 0 saturated heterocycles. The van der Waals surface area contributed by atoms with Gasteiger partial charge in [-0.2, -0.15) is 0 Å². The summed E-state index contributed by atoms with van der Waals surface area (Å²) < 4.78 is 0. The molecule has 4 bridgehead atoms. The first kappa shape index (κ1) is 11.9. The molecule has 0 unspecified atom stereocenters. The number of Topliss-reactive ketones (excluding diaryl/α,β-unsaturated/α-hetero) is 1. The van der Waals surface area contributed by atoms with Crippen molar-refractivity contribution >= 4 is 11.8 Å². The Balaban J connectivity index is 1.93. The zero-order chi connectivity index (χ0) is 12.9. The lowest BCUT2D eigenvalue weighted by Gasteiger charge is -2.56. The van der Waals surface area contributed by atoms with Crippen molar-refractivity contribution < 1.29 is 14.7 Å². The first-order valence-electron chi connectivity index (χ1n) is 6.94. The molecule has 0 aromatic carbocycles. The molecule has 0 aromatic heterocycles. The normalized spacial score (nSPS) is 42.1. The van der Waals surface area contributed by atoms with Gasteiger partial charge in [0, 0.05) is 0 Å². The molecule has 4 saturated carbocycles. The summed E-state index contributed by atoms with van der Waals surface area (Å²) in [4.78, 5) is 22.6. The minimum absolute atomic E-state index is 0.0111. The molecule has 0 heterocycles. The number of carbonyl (C=O) groups is 2. The van der Waals surface area contributed by atoms with Gasteiger partial charge in [0.25, 0.3) is 0 Å². The average molecular weight is 248 g/mol. The van der Waals surface area contributed by atoms with Crippen LogP contribution in [0.15, 0.2) is 11.6 Å². The predicted molar refractivity (Wildman–Crippen MR) is 67.0 cm³/mol. The number of aliphatic carboxylic acids is 1. The van der Waals surface area contributed by atoms with Crippen LogP contribution in [0.5, 0.6) is 0 Å². The molecule has 0 atom stereocenters. The van der Waals surface area contributed by atoms with E-state index in [1.807, 2.05) is 6.08 Å². The first-order valence-corrected chi connectivity index (χ1v) is 6.94. The van der Waals surface area contributed by atoms with Gasteiger partial charge in [0.1, 0.15) is 0 Å². The number of rotatable bonds is 3.